The van der Waals surface area contributed by atoms with E-state index in [4.69, 9.17) is 9.47 Å². The third-order valence-electron chi connectivity index (χ3n) is 6.39. The minimum atomic E-state index is -0.183. The summed E-state index contributed by atoms with van der Waals surface area (Å²) in [6.07, 6.45) is 8.62. The van der Waals surface area contributed by atoms with Crippen molar-refractivity contribution in [2.24, 2.45) is 0 Å². The lowest BCUT2D eigenvalue weighted by atomic mass is 10.1. The van der Waals surface area contributed by atoms with Crippen molar-refractivity contribution in [2.75, 3.05) is 25.7 Å². The van der Waals surface area contributed by atoms with Gasteiger partial charge in [0.05, 0.1) is 24.9 Å². The van der Waals surface area contributed by atoms with Gasteiger partial charge in [0.25, 0.3) is 5.01 Å². The second kappa shape index (κ2) is 12.4. The maximum Gasteiger partial charge on any atom is 0.305 e. The molecule has 2 aromatic carbocycles. The Bertz CT molecular complexity index is 1360. The first kappa shape index (κ1) is 26.9. The lowest BCUT2D eigenvalue weighted by Crippen LogP contribution is -2.33. The van der Waals surface area contributed by atoms with Gasteiger partial charge in [-0.05, 0) is 62.1 Å². The molecular weight excluding hydrogens is 504 g/mol. The van der Waals surface area contributed by atoms with Crippen LogP contribution in [0.25, 0.3) is 16.3 Å². The molecule has 0 N–H and O–H groups in total. The van der Waals surface area contributed by atoms with Gasteiger partial charge in [-0.1, -0.05) is 41.3 Å². The first-order chi connectivity index (χ1) is 18.0. The number of benzene rings is 2. The molecular formula is C29H33N2O4S2+. The molecule has 4 rings (SSSR count). The Labute approximate surface area is 226 Å². The van der Waals surface area contributed by atoms with Crippen LogP contribution >= 0.6 is 23.1 Å². The fraction of sp³-hybridized carbons (Fsp3) is 0.345. The van der Waals surface area contributed by atoms with Crippen LogP contribution in [0.5, 0.6) is 0 Å². The molecule has 194 valence electrons. The number of esters is 2. The van der Waals surface area contributed by atoms with Crippen LogP contribution in [0.1, 0.15) is 42.8 Å². The Balaban J connectivity index is 1.52. The Kier molecular flexibility index (Phi) is 9.05. The molecule has 0 saturated heterocycles. The lowest BCUT2D eigenvalue weighted by Gasteiger charge is -2.17. The number of aromatic nitrogens is 1. The molecule has 37 heavy (non-hydrogen) atoms. The SMILES string of the molecule is CCN1C(=CC=Cc2sc3cc(CCC(=O)OC)ccc3[n+]2CC)Sc2cc(CCC(=O)OC)ccc21. The summed E-state index contributed by atoms with van der Waals surface area (Å²) in [5.41, 5.74) is 4.70. The highest BCUT2D eigenvalue weighted by Crippen LogP contribution is 2.46. The average molecular weight is 538 g/mol. The molecule has 2 heterocycles. The van der Waals surface area contributed by atoms with Crippen LogP contribution in [0, 0.1) is 0 Å². The van der Waals surface area contributed by atoms with Gasteiger partial charge in [-0.25, -0.2) is 0 Å². The van der Waals surface area contributed by atoms with Crippen molar-refractivity contribution in [3.8, 4) is 0 Å². The van der Waals surface area contributed by atoms with E-state index in [0.717, 1.165) is 24.2 Å². The summed E-state index contributed by atoms with van der Waals surface area (Å²) >= 11 is 3.53. The summed E-state index contributed by atoms with van der Waals surface area (Å²) in [5.74, 6) is -0.367. The minimum Gasteiger partial charge on any atom is -0.469 e. The first-order valence-corrected chi connectivity index (χ1v) is 14.2. The number of ether oxygens (including phenoxy) is 2. The van der Waals surface area contributed by atoms with E-state index in [0.29, 0.717) is 25.7 Å². The van der Waals surface area contributed by atoms with Crippen LogP contribution in [-0.2, 0) is 38.4 Å². The van der Waals surface area contributed by atoms with Gasteiger partial charge in [-0.2, -0.15) is 4.57 Å². The van der Waals surface area contributed by atoms with E-state index in [-0.39, 0.29) is 11.9 Å². The number of aryl methyl sites for hydroxylation is 3. The Morgan fingerprint density at radius 3 is 2.30 bits per heavy atom. The highest BCUT2D eigenvalue weighted by molar-refractivity contribution is 8.03. The maximum atomic E-state index is 11.5. The van der Waals surface area contributed by atoms with Gasteiger partial charge in [-0.15, -0.1) is 0 Å². The van der Waals surface area contributed by atoms with E-state index in [2.05, 4.69) is 77.9 Å². The minimum absolute atomic E-state index is 0.183. The number of carbonyl (C=O) groups is 2. The standard InChI is InChI=1S/C29H33N2O4S2/c1-5-30-22-14-10-20(12-16-28(32)34-3)18-24(22)36-26(30)8-7-9-27-31(6-2)23-15-11-21(19-25(23)37-27)13-17-29(33)35-4/h7-11,14-15,18-19H,5-6,12-13,16-17H2,1-4H3/q+1. The predicted molar refractivity (Wildman–Crippen MR) is 151 cm³/mol. The van der Waals surface area contributed by atoms with E-state index < -0.39 is 0 Å². The van der Waals surface area contributed by atoms with Crippen molar-refractivity contribution >= 4 is 57.0 Å². The van der Waals surface area contributed by atoms with Crippen LogP contribution < -0.4 is 9.47 Å². The zero-order valence-electron chi connectivity index (χ0n) is 21.8. The number of thioether (sulfide) groups is 1. The first-order valence-electron chi connectivity index (χ1n) is 12.5. The highest BCUT2D eigenvalue weighted by Gasteiger charge is 2.24. The van der Waals surface area contributed by atoms with Crippen molar-refractivity contribution in [3.63, 3.8) is 0 Å². The third-order valence-corrected chi connectivity index (χ3v) is 8.62. The number of fused-ring (bicyclic) bond motifs is 2. The molecule has 1 aliphatic rings. The molecule has 0 unspecified atom stereocenters. The van der Waals surface area contributed by atoms with Crippen LogP contribution in [0.2, 0.25) is 0 Å². The number of nitrogens with zero attached hydrogens (tertiary/aromatic N) is 2. The van der Waals surface area contributed by atoms with Gasteiger partial charge in [0.15, 0.2) is 0 Å². The average Bonchev–Trinajstić information content (AvgIpc) is 3.45. The molecule has 6 nitrogen and oxygen atoms in total. The zero-order valence-corrected chi connectivity index (χ0v) is 23.4. The summed E-state index contributed by atoms with van der Waals surface area (Å²) in [6.45, 7) is 6.08. The molecule has 0 saturated carbocycles. The number of thiazole rings is 1. The van der Waals surface area contributed by atoms with Crippen molar-refractivity contribution in [1.82, 2.24) is 0 Å². The molecule has 0 amide bonds. The summed E-state index contributed by atoms with van der Waals surface area (Å²) in [6, 6.07) is 12.9. The lowest BCUT2D eigenvalue weighted by molar-refractivity contribution is -0.665. The smallest absolute Gasteiger partial charge is 0.305 e. The molecule has 1 aromatic heterocycles. The van der Waals surface area contributed by atoms with Crippen LogP contribution in [0.4, 0.5) is 5.69 Å². The molecule has 3 aromatic rings. The Hall–Kier alpha value is -3.10. The zero-order chi connectivity index (χ0) is 26.4. The second-order valence-electron chi connectivity index (χ2n) is 8.65. The number of methoxy groups -OCH3 is 2. The highest BCUT2D eigenvalue weighted by atomic mass is 32.2. The van der Waals surface area contributed by atoms with Crippen molar-refractivity contribution in [3.05, 3.63) is 69.7 Å². The van der Waals surface area contributed by atoms with Gasteiger partial charge in [0.1, 0.15) is 11.2 Å². The number of anilines is 1. The summed E-state index contributed by atoms with van der Waals surface area (Å²) in [4.78, 5) is 26.6. The molecule has 0 bridgehead atoms. The quantitative estimate of drug-likeness (QED) is 0.237. The summed E-state index contributed by atoms with van der Waals surface area (Å²) < 4.78 is 13.1. The molecule has 0 radical (unpaired) electrons. The van der Waals surface area contributed by atoms with Gasteiger partial charge in [0.2, 0.25) is 5.52 Å². The monoisotopic (exact) mass is 537 g/mol. The van der Waals surface area contributed by atoms with Crippen LogP contribution in [-0.4, -0.2) is 32.7 Å². The Morgan fingerprint density at radius 1 is 0.973 bits per heavy atom. The number of hydrogen-bond donors (Lipinski definition) is 0. The van der Waals surface area contributed by atoms with Gasteiger partial charge in [-0.3, -0.25) is 9.59 Å². The van der Waals surface area contributed by atoms with Crippen molar-refractivity contribution in [1.29, 1.82) is 0 Å². The topological polar surface area (TPSA) is 59.7 Å². The fourth-order valence-corrected chi connectivity index (χ4v) is 6.83. The normalized spacial score (nSPS) is 14.1. The molecule has 0 fully saturated rings. The molecule has 0 spiro atoms. The van der Waals surface area contributed by atoms with Crippen LogP contribution in [0.15, 0.2) is 58.5 Å². The number of carbonyl (C=O) groups excluding carboxylic acids is 2. The van der Waals surface area contributed by atoms with Crippen molar-refractivity contribution < 1.29 is 23.6 Å². The number of allylic oxidation sites excluding steroid dienone is 2. The van der Waals surface area contributed by atoms with E-state index in [1.807, 2.05) is 0 Å². The Morgan fingerprint density at radius 2 is 1.65 bits per heavy atom. The second-order valence-corrected chi connectivity index (χ2v) is 10.8. The van der Waals surface area contributed by atoms with E-state index in [9.17, 15) is 9.59 Å². The van der Waals surface area contributed by atoms with Gasteiger partial charge >= 0.3 is 11.9 Å². The molecule has 8 heteroatoms. The van der Waals surface area contributed by atoms with Gasteiger partial charge < -0.3 is 14.4 Å². The predicted octanol–water partition coefficient (Wildman–Crippen LogP) is 5.91. The molecule has 0 aliphatic carbocycles. The van der Waals surface area contributed by atoms with E-state index in [1.165, 1.54) is 45.1 Å². The number of hydrogen-bond acceptors (Lipinski definition) is 7. The third kappa shape index (κ3) is 6.25. The maximum absolute atomic E-state index is 11.5. The summed E-state index contributed by atoms with van der Waals surface area (Å²) in [5, 5.41) is 2.38. The van der Waals surface area contributed by atoms with Gasteiger partial charge in [0, 0.05) is 36.4 Å². The van der Waals surface area contributed by atoms with Crippen molar-refractivity contribution in [2.45, 2.75) is 51.0 Å². The molecule has 0 atom stereocenters. The van der Waals surface area contributed by atoms with E-state index in [1.54, 1.807) is 23.1 Å². The largest absolute Gasteiger partial charge is 0.469 e. The fourth-order valence-electron chi connectivity index (χ4n) is 4.42. The molecule has 1 aliphatic heterocycles. The van der Waals surface area contributed by atoms with E-state index >= 15 is 0 Å². The summed E-state index contributed by atoms with van der Waals surface area (Å²) in [7, 11) is 2.85. The van der Waals surface area contributed by atoms with Crippen LogP contribution in [0.3, 0.4) is 0 Å². The number of rotatable bonds is 10.